The highest BCUT2D eigenvalue weighted by Gasteiger charge is 2.16. The molecule has 1 heterocycles. The Bertz CT molecular complexity index is 1220. The zero-order valence-corrected chi connectivity index (χ0v) is 17.1. The van der Waals surface area contributed by atoms with Gasteiger partial charge in [0.05, 0.1) is 11.3 Å². The van der Waals surface area contributed by atoms with Crippen LogP contribution in [0.3, 0.4) is 0 Å². The molecule has 0 unspecified atom stereocenters. The second-order valence-corrected chi connectivity index (χ2v) is 7.05. The molecule has 0 aliphatic heterocycles. The van der Waals surface area contributed by atoms with Crippen molar-refractivity contribution >= 4 is 35.2 Å². The number of hydrogen-bond acceptors (Lipinski definition) is 3. The molecule has 0 radical (unpaired) electrons. The quantitative estimate of drug-likeness (QED) is 0.449. The van der Waals surface area contributed by atoms with Gasteiger partial charge in [0, 0.05) is 22.1 Å². The zero-order chi connectivity index (χ0) is 21.8. The summed E-state index contributed by atoms with van der Waals surface area (Å²) in [5.41, 5.74) is 3.25. The molecule has 3 rings (SSSR count). The summed E-state index contributed by atoms with van der Waals surface area (Å²) in [6.07, 6.45) is 1.49. The van der Waals surface area contributed by atoms with Crippen LogP contribution in [0.1, 0.15) is 27.3 Å². The molecule has 0 bridgehead atoms. The molecule has 0 saturated heterocycles. The predicted molar refractivity (Wildman–Crippen MR) is 116 cm³/mol. The number of amides is 1. The second-order valence-electron chi connectivity index (χ2n) is 6.62. The lowest BCUT2D eigenvalue weighted by molar-refractivity contribution is -0.112. The topological polar surface area (TPSA) is 95.1 Å². The van der Waals surface area contributed by atoms with Crippen LogP contribution in [0.4, 0.5) is 5.69 Å². The molecule has 30 heavy (non-hydrogen) atoms. The van der Waals surface area contributed by atoms with Gasteiger partial charge in [0.15, 0.2) is 0 Å². The summed E-state index contributed by atoms with van der Waals surface area (Å²) in [5.74, 6) is -1.85. The van der Waals surface area contributed by atoms with Crippen molar-refractivity contribution < 1.29 is 14.7 Å². The third-order valence-corrected chi connectivity index (χ3v) is 4.84. The Morgan fingerprint density at radius 2 is 1.87 bits per heavy atom. The SMILES string of the molecule is Cc1cc(/C=C(\C#N)C(=O)Nc2ccccc2C(=O)O)c(C)n1-c1cccc(Cl)c1. The number of nitrogens with one attached hydrogen (secondary N) is 1. The van der Waals surface area contributed by atoms with Crippen molar-refractivity contribution in [2.75, 3.05) is 5.32 Å². The van der Waals surface area contributed by atoms with E-state index in [0.717, 1.165) is 17.1 Å². The first-order valence-corrected chi connectivity index (χ1v) is 9.40. The number of para-hydroxylation sites is 1. The van der Waals surface area contributed by atoms with Crippen molar-refractivity contribution in [1.29, 1.82) is 5.26 Å². The van der Waals surface area contributed by atoms with E-state index in [1.165, 1.54) is 18.2 Å². The molecule has 6 nitrogen and oxygen atoms in total. The number of carbonyl (C=O) groups is 2. The second kappa shape index (κ2) is 8.68. The number of halogens is 1. The highest BCUT2D eigenvalue weighted by molar-refractivity contribution is 6.30. The lowest BCUT2D eigenvalue weighted by atomic mass is 10.1. The van der Waals surface area contributed by atoms with Crippen molar-refractivity contribution in [2.45, 2.75) is 13.8 Å². The maximum Gasteiger partial charge on any atom is 0.337 e. The van der Waals surface area contributed by atoms with E-state index in [-0.39, 0.29) is 16.8 Å². The van der Waals surface area contributed by atoms with Gasteiger partial charge in [-0.25, -0.2) is 4.79 Å². The lowest BCUT2D eigenvalue weighted by Crippen LogP contribution is -2.16. The molecule has 1 aromatic heterocycles. The maximum absolute atomic E-state index is 12.6. The smallest absolute Gasteiger partial charge is 0.337 e. The molecule has 0 aliphatic rings. The van der Waals surface area contributed by atoms with Crippen molar-refractivity contribution in [3.8, 4) is 11.8 Å². The Morgan fingerprint density at radius 3 is 2.53 bits per heavy atom. The van der Waals surface area contributed by atoms with E-state index in [0.29, 0.717) is 10.6 Å². The number of anilines is 1. The number of nitrogens with zero attached hydrogens (tertiary/aromatic N) is 2. The first kappa shape index (κ1) is 20.9. The maximum atomic E-state index is 12.6. The number of nitriles is 1. The normalized spacial score (nSPS) is 11.1. The number of hydrogen-bond donors (Lipinski definition) is 2. The van der Waals surface area contributed by atoms with Crippen LogP contribution in [0.25, 0.3) is 11.8 Å². The Morgan fingerprint density at radius 1 is 1.13 bits per heavy atom. The average Bonchev–Trinajstić information content (AvgIpc) is 2.99. The molecule has 0 saturated carbocycles. The zero-order valence-electron chi connectivity index (χ0n) is 16.3. The molecule has 150 valence electrons. The van der Waals surface area contributed by atoms with Gasteiger partial charge < -0.3 is 15.0 Å². The summed E-state index contributed by atoms with van der Waals surface area (Å²) in [7, 11) is 0. The van der Waals surface area contributed by atoms with Crippen molar-refractivity contribution in [3.63, 3.8) is 0 Å². The van der Waals surface area contributed by atoms with E-state index >= 15 is 0 Å². The molecule has 0 atom stereocenters. The van der Waals surface area contributed by atoms with Crippen LogP contribution in [0.5, 0.6) is 0 Å². The molecule has 0 fully saturated rings. The first-order chi connectivity index (χ1) is 14.3. The van der Waals surface area contributed by atoms with Gasteiger partial charge in [-0.2, -0.15) is 5.26 Å². The summed E-state index contributed by atoms with van der Waals surface area (Å²) in [6.45, 7) is 3.80. The molecule has 0 aliphatic carbocycles. The minimum Gasteiger partial charge on any atom is -0.478 e. The van der Waals surface area contributed by atoms with E-state index < -0.39 is 11.9 Å². The summed E-state index contributed by atoms with van der Waals surface area (Å²) in [4.78, 5) is 24.0. The number of carbonyl (C=O) groups excluding carboxylic acids is 1. The fourth-order valence-corrected chi connectivity index (χ4v) is 3.40. The Labute approximate surface area is 178 Å². The summed E-state index contributed by atoms with van der Waals surface area (Å²) >= 11 is 6.10. The van der Waals surface area contributed by atoms with E-state index in [9.17, 15) is 20.0 Å². The first-order valence-electron chi connectivity index (χ1n) is 9.02. The van der Waals surface area contributed by atoms with E-state index in [1.807, 2.05) is 48.7 Å². The third-order valence-electron chi connectivity index (χ3n) is 4.61. The molecule has 3 aromatic rings. The van der Waals surface area contributed by atoms with Gasteiger partial charge in [-0.3, -0.25) is 4.79 Å². The molecule has 2 N–H and O–H groups in total. The predicted octanol–water partition coefficient (Wildman–Crippen LogP) is 4.99. The fraction of sp³-hybridized carbons (Fsp3) is 0.0870. The van der Waals surface area contributed by atoms with E-state index in [4.69, 9.17) is 11.6 Å². The van der Waals surface area contributed by atoms with Crippen LogP contribution >= 0.6 is 11.6 Å². The number of benzene rings is 2. The van der Waals surface area contributed by atoms with E-state index in [1.54, 1.807) is 18.2 Å². The van der Waals surface area contributed by atoms with Crippen LogP contribution in [0.15, 0.2) is 60.2 Å². The Kier molecular flexibility index (Phi) is 6.05. The number of carboxylic acids is 1. The minimum absolute atomic E-state index is 0.0534. The van der Waals surface area contributed by atoms with Gasteiger partial charge in [0.25, 0.3) is 5.91 Å². The highest BCUT2D eigenvalue weighted by atomic mass is 35.5. The summed E-state index contributed by atoms with van der Waals surface area (Å²) in [6, 6.07) is 17.2. The summed E-state index contributed by atoms with van der Waals surface area (Å²) < 4.78 is 1.98. The van der Waals surface area contributed by atoms with Gasteiger partial charge in [0.2, 0.25) is 0 Å². The molecule has 0 spiro atoms. The van der Waals surface area contributed by atoms with Crippen molar-refractivity contribution in [3.05, 3.63) is 87.7 Å². The third kappa shape index (κ3) is 4.27. The largest absolute Gasteiger partial charge is 0.478 e. The van der Waals surface area contributed by atoms with Gasteiger partial charge in [-0.15, -0.1) is 0 Å². The van der Waals surface area contributed by atoms with E-state index in [2.05, 4.69) is 5.32 Å². The average molecular weight is 420 g/mol. The Hall–Kier alpha value is -3.82. The number of rotatable bonds is 5. The molecule has 1 amide bonds. The molecular formula is C23H18ClN3O3. The van der Waals surface area contributed by atoms with Gasteiger partial charge >= 0.3 is 5.97 Å². The van der Waals surface area contributed by atoms with Crippen molar-refractivity contribution in [2.24, 2.45) is 0 Å². The molecule has 2 aromatic carbocycles. The van der Waals surface area contributed by atoms with Gasteiger partial charge in [-0.05, 0) is 61.9 Å². The number of carboxylic acid groups (broad SMARTS) is 1. The van der Waals surface area contributed by atoms with Crippen LogP contribution in [0, 0.1) is 25.2 Å². The van der Waals surface area contributed by atoms with Crippen molar-refractivity contribution in [1.82, 2.24) is 4.57 Å². The highest BCUT2D eigenvalue weighted by Crippen LogP contribution is 2.25. The van der Waals surface area contributed by atoms with Gasteiger partial charge in [0.1, 0.15) is 11.6 Å². The standard InChI is InChI=1S/C23H18ClN3O3/c1-14-10-16(15(2)27(14)19-7-5-6-18(24)12-19)11-17(13-25)22(28)26-21-9-4-3-8-20(21)23(29)30/h3-12H,1-2H3,(H,26,28)(H,29,30)/b17-11+. The van der Waals surface area contributed by atoms with Crippen LogP contribution in [-0.4, -0.2) is 21.6 Å². The molecular weight excluding hydrogens is 402 g/mol. The van der Waals surface area contributed by atoms with Crippen LogP contribution < -0.4 is 5.32 Å². The number of aryl methyl sites for hydroxylation is 1. The molecule has 7 heteroatoms. The fourth-order valence-electron chi connectivity index (χ4n) is 3.22. The van der Waals surface area contributed by atoms with Crippen LogP contribution in [0.2, 0.25) is 5.02 Å². The minimum atomic E-state index is -1.17. The monoisotopic (exact) mass is 419 g/mol. The van der Waals surface area contributed by atoms with Crippen LogP contribution in [-0.2, 0) is 4.79 Å². The Balaban J connectivity index is 1.96. The lowest BCUT2D eigenvalue weighted by Gasteiger charge is -2.10. The number of aromatic nitrogens is 1. The number of aromatic carboxylic acids is 1. The van der Waals surface area contributed by atoms with Gasteiger partial charge in [-0.1, -0.05) is 29.8 Å². The summed E-state index contributed by atoms with van der Waals surface area (Å²) in [5, 5.41) is 21.9.